The van der Waals surface area contributed by atoms with Crippen molar-refractivity contribution < 1.29 is 14.5 Å². The summed E-state index contributed by atoms with van der Waals surface area (Å²) in [6.45, 7) is 0. The molecule has 1 aliphatic rings. The lowest BCUT2D eigenvalue weighted by atomic mass is 9.95. The topological polar surface area (TPSA) is 110 Å². The number of aromatic amines is 1. The highest BCUT2D eigenvalue weighted by molar-refractivity contribution is 5.97. The molecular formula is C11H16N4O4. The van der Waals surface area contributed by atoms with Gasteiger partial charge >= 0.3 is 11.6 Å². The van der Waals surface area contributed by atoms with Crippen LogP contribution in [0.3, 0.4) is 0 Å². The Morgan fingerprint density at radius 1 is 1.47 bits per heavy atom. The molecule has 0 atom stereocenters. The van der Waals surface area contributed by atoms with Crippen molar-refractivity contribution in [3.8, 4) is 5.88 Å². The van der Waals surface area contributed by atoms with Crippen LogP contribution in [-0.2, 0) is 0 Å². The third-order valence-corrected chi connectivity index (χ3v) is 3.25. The second-order valence-corrected chi connectivity index (χ2v) is 4.52. The fraction of sp³-hybridized carbons (Fsp3) is 0.636. The lowest BCUT2D eigenvalue weighted by molar-refractivity contribution is -0.386. The number of hydrogen-bond donors (Lipinski definition) is 2. The van der Waals surface area contributed by atoms with E-state index in [-0.39, 0.29) is 17.6 Å². The second-order valence-electron chi connectivity index (χ2n) is 4.52. The van der Waals surface area contributed by atoms with Crippen molar-refractivity contribution >= 4 is 11.6 Å². The predicted octanol–water partition coefficient (Wildman–Crippen LogP) is 1.39. The minimum Gasteiger partial charge on any atom is -0.475 e. The zero-order valence-corrected chi connectivity index (χ0v) is 10.6. The number of nitro groups is 1. The minimum atomic E-state index is -0.669. The third kappa shape index (κ3) is 2.83. The van der Waals surface area contributed by atoms with Crippen molar-refractivity contribution in [1.29, 1.82) is 0 Å². The van der Waals surface area contributed by atoms with Crippen molar-refractivity contribution in [3.05, 3.63) is 15.8 Å². The first-order valence-corrected chi connectivity index (χ1v) is 6.21. The first-order chi connectivity index (χ1) is 9.13. The van der Waals surface area contributed by atoms with E-state index >= 15 is 0 Å². The average molecular weight is 268 g/mol. The van der Waals surface area contributed by atoms with Crippen LogP contribution in [0.5, 0.6) is 5.88 Å². The Balaban J connectivity index is 2.14. The summed E-state index contributed by atoms with van der Waals surface area (Å²) in [7, 11) is 1.27. The fourth-order valence-corrected chi connectivity index (χ4v) is 2.29. The van der Waals surface area contributed by atoms with E-state index < -0.39 is 16.5 Å². The van der Waals surface area contributed by atoms with Gasteiger partial charge < -0.3 is 10.1 Å². The molecule has 1 heterocycles. The molecule has 2 N–H and O–H groups in total. The molecule has 0 aliphatic heterocycles. The number of carbonyl (C=O) groups is 1. The van der Waals surface area contributed by atoms with Crippen molar-refractivity contribution in [3.63, 3.8) is 0 Å². The molecule has 8 heteroatoms. The van der Waals surface area contributed by atoms with Gasteiger partial charge in [-0.25, -0.2) is 0 Å². The lowest BCUT2D eigenvalue weighted by Crippen LogP contribution is -2.36. The zero-order valence-electron chi connectivity index (χ0n) is 10.6. The molecule has 1 aromatic heterocycles. The summed E-state index contributed by atoms with van der Waals surface area (Å²) in [6, 6.07) is 0.0788. The molecule has 104 valence electrons. The molecule has 0 bridgehead atoms. The highest BCUT2D eigenvalue weighted by Gasteiger charge is 2.31. The Morgan fingerprint density at radius 2 is 2.16 bits per heavy atom. The number of rotatable bonds is 4. The van der Waals surface area contributed by atoms with Crippen LogP contribution in [0.2, 0.25) is 0 Å². The third-order valence-electron chi connectivity index (χ3n) is 3.25. The van der Waals surface area contributed by atoms with Gasteiger partial charge in [-0.05, 0) is 12.8 Å². The van der Waals surface area contributed by atoms with E-state index in [0.717, 1.165) is 25.7 Å². The largest absolute Gasteiger partial charge is 0.475 e. The van der Waals surface area contributed by atoms with E-state index in [0.29, 0.717) is 0 Å². The monoisotopic (exact) mass is 268 g/mol. The first kappa shape index (κ1) is 13.3. The molecule has 1 aliphatic carbocycles. The summed E-state index contributed by atoms with van der Waals surface area (Å²) in [5.74, 6) is -0.687. The van der Waals surface area contributed by atoms with Gasteiger partial charge in [-0.1, -0.05) is 19.3 Å². The van der Waals surface area contributed by atoms with Gasteiger partial charge in [-0.15, -0.1) is 5.10 Å². The zero-order chi connectivity index (χ0) is 13.8. The lowest BCUT2D eigenvalue weighted by Gasteiger charge is -2.22. The minimum absolute atomic E-state index is 0.0788. The molecule has 8 nitrogen and oxygen atoms in total. The highest BCUT2D eigenvalue weighted by atomic mass is 16.6. The predicted molar refractivity (Wildman–Crippen MR) is 66.1 cm³/mol. The summed E-state index contributed by atoms with van der Waals surface area (Å²) in [5.41, 5.74) is -0.580. The normalized spacial score (nSPS) is 16.1. The summed E-state index contributed by atoms with van der Waals surface area (Å²) in [4.78, 5) is 22.3. The van der Waals surface area contributed by atoms with Crippen molar-refractivity contribution in [2.45, 2.75) is 38.1 Å². The Bertz CT molecular complexity index is 479. The molecule has 1 amide bonds. The molecule has 1 aromatic rings. The SMILES string of the molecule is COc1n[nH]c(C(=O)NC2CCCCC2)c1[N+](=O)[O-]. The van der Waals surface area contributed by atoms with E-state index in [2.05, 4.69) is 15.5 Å². The fourth-order valence-electron chi connectivity index (χ4n) is 2.29. The number of methoxy groups -OCH3 is 1. The molecule has 0 radical (unpaired) electrons. The Kier molecular flexibility index (Phi) is 3.98. The molecule has 2 rings (SSSR count). The first-order valence-electron chi connectivity index (χ1n) is 6.21. The molecular weight excluding hydrogens is 252 g/mol. The van der Waals surface area contributed by atoms with Crippen LogP contribution >= 0.6 is 0 Å². The van der Waals surface area contributed by atoms with Gasteiger partial charge in [0.15, 0.2) is 0 Å². The van der Waals surface area contributed by atoms with Gasteiger partial charge in [0.2, 0.25) is 5.69 Å². The van der Waals surface area contributed by atoms with Crippen LogP contribution in [0, 0.1) is 10.1 Å². The highest BCUT2D eigenvalue weighted by Crippen LogP contribution is 2.28. The quantitative estimate of drug-likeness (QED) is 0.633. The summed E-state index contributed by atoms with van der Waals surface area (Å²) in [5, 5.41) is 19.7. The van der Waals surface area contributed by atoms with Gasteiger partial charge in [-0.2, -0.15) is 0 Å². The molecule has 0 saturated heterocycles. The van der Waals surface area contributed by atoms with E-state index in [1.807, 2.05) is 0 Å². The van der Waals surface area contributed by atoms with Gasteiger partial charge in [0.1, 0.15) is 0 Å². The summed E-state index contributed by atoms with van der Waals surface area (Å²) < 4.78 is 4.76. The van der Waals surface area contributed by atoms with Gasteiger partial charge in [-0.3, -0.25) is 20.0 Å². The molecule has 19 heavy (non-hydrogen) atoms. The van der Waals surface area contributed by atoms with Crippen LogP contribution in [0.15, 0.2) is 0 Å². The molecule has 0 aromatic carbocycles. The molecule has 1 fully saturated rings. The van der Waals surface area contributed by atoms with Crippen molar-refractivity contribution in [2.75, 3.05) is 7.11 Å². The van der Waals surface area contributed by atoms with E-state index in [4.69, 9.17) is 4.74 Å². The summed E-state index contributed by atoms with van der Waals surface area (Å²) in [6.07, 6.45) is 5.12. The van der Waals surface area contributed by atoms with Crippen LogP contribution in [0.25, 0.3) is 0 Å². The van der Waals surface area contributed by atoms with Gasteiger partial charge in [0.25, 0.3) is 5.91 Å². The van der Waals surface area contributed by atoms with E-state index in [9.17, 15) is 14.9 Å². The average Bonchev–Trinajstić information content (AvgIpc) is 2.83. The number of H-pyrrole nitrogens is 1. The maximum Gasteiger partial charge on any atom is 0.362 e. The van der Waals surface area contributed by atoms with Crippen LogP contribution < -0.4 is 10.1 Å². The number of nitrogens with one attached hydrogen (secondary N) is 2. The number of hydrogen-bond acceptors (Lipinski definition) is 5. The maximum absolute atomic E-state index is 12.0. The molecule has 0 spiro atoms. The van der Waals surface area contributed by atoms with Gasteiger partial charge in [0.05, 0.1) is 12.0 Å². The number of carbonyl (C=O) groups excluding carboxylic acids is 1. The Labute approximate surface area is 109 Å². The van der Waals surface area contributed by atoms with Crippen LogP contribution in [-0.4, -0.2) is 34.2 Å². The number of amides is 1. The maximum atomic E-state index is 12.0. The number of nitrogens with zero attached hydrogens (tertiary/aromatic N) is 2. The second kappa shape index (κ2) is 5.68. The van der Waals surface area contributed by atoms with Crippen molar-refractivity contribution in [2.24, 2.45) is 0 Å². The Hall–Kier alpha value is -2.12. The van der Waals surface area contributed by atoms with Crippen molar-refractivity contribution in [1.82, 2.24) is 15.5 Å². The van der Waals surface area contributed by atoms with Gasteiger partial charge in [0, 0.05) is 6.04 Å². The number of ether oxygens (including phenoxy) is 1. The van der Waals surface area contributed by atoms with E-state index in [1.54, 1.807) is 0 Å². The van der Waals surface area contributed by atoms with E-state index in [1.165, 1.54) is 13.5 Å². The molecule has 0 unspecified atom stereocenters. The van der Waals surface area contributed by atoms with Crippen LogP contribution in [0.4, 0.5) is 5.69 Å². The Morgan fingerprint density at radius 3 is 2.74 bits per heavy atom. The standard InChI is InChI=1S/C11H16N4O4/c1-19-11-9(15(17)18)8(13-14-11)10(16)12-7-5-3-2-4-6-7/h7H,2-6H2,1H3,(H,12,16)(H,13,14). The van der Waals surface area contributed by atoms with Crippen LogP contribution in [0.1, 0.15) is 42.6 Å². The number of aromatic nitrogens is 2. The smallest absolute Gasteiger partial charge is 0.362 e. The summed E-state index contributed by atoms with van der Waals surface area (Å²) >= 11 is 0. The molecule has 1 saturated carbocycles.